The minimum atomic E-state index is -1.20. The molecule has 6 N–H and O–H groups in total. The minimum Gasteiger partial charge on any atom is -0.444 e. The molecule has 0 fully saturated rings. The zero-order chi connectivity index (χ0) is 36.9. The van der Waals surface area contributed by atoms with Gasteiger partial charge < -0.3 is 36.2 Å². The van der Waals surface area contributed by atoms with E-state index >= 15 is 0 Å². The maximum atomic E-state index is 14.0. The molecule has 11 heteroatoms. The molecule has 0 heterocycles. The van der Waals surface area contributed by atoms with Crippen LogP contribution in [0.4, 0.5) is 4.79 Å². The van der Waals surface area contributed by atoms with Crippen LogP contribution >= 0.6 is 0 Å². The molecule has 2 rings (SSSR count). The van der Waals surface area contributed by atoms with E-state index in [0.29, 0.717) is 12.8 Å². The Hall–Kier alpha value is -3.70. The number of hydrogen-bond donors (Lipinski definition) is 6. The van der Waals surface area contributed by atoms with Crippen LogP contribution < -0.4 is 21.3 Å². The van der Waals surface area contributed by atoms with Crippen molar-refractivity contribution in [2.45, 2.75) is 130 Å². The third kappa shape index (κ3) is 14.4. The number of hydrogen-bond acceptors (Lipinski definition) is 7. The number of benzene rings is 2. The van der Waals surface area contributed by atoms with Crippen molar-refractivity contribution >= 4 is 34.6 Å². The molecule has 2 aromatic carbocycles. The van der Waals surface area contributed by atoms with Gasteiger partial charge in [-0.05, 0) is 67.7 Å². The Morgan fingerprint density at radius 3 is 1.98 bits per heavy atom. The van der Waals surface area contributed by atoms with Gasteiger partial charge in [0.05, 0.1) is 31.2 Å². The van der Waals surface area contributed by atoms with E-state index in [-0.39, 0.29) is 37.2 Å². The first-order valence-corrected chi connectivity index (χ1v) is 17.6. The van der Waals surface area contributed by atoms with Crippen LogP contribution in [0.15, 0.2) is 42.5 Å². The fourth-order valence-electron chi connectivity index (χ4n) is 5.68. The van der Waals surface area contributed by atoms with Gasteiger partial charge in [-0.25, -0.2) is 4.79 Å². The summed E-state index contributed by atoms with van der Waals surface area (Å²) in [5.41, 5.74) is 0.0513. The van der Waals surface area contributed by atoms with Crippen molar-refractivity contribution < 1.29 is 34.1 Å². The number of alkyl carbamates (subject to hydrolysis) is 1. The summed E-state index contributed by atoms with van der Waals surface area (Å²) in [6.45, 7) is 16.6. The van der Waals surface area contributed by atoms with E-state index in [4.69, 9.17) is 4.74 Å². The summed E-state index contributed by atoms with van der Waals surface area (Å²) in [4.78, 5) is 53.5. The molecule has 49 heavy (non-hydrogen) atoms. The molecule has 3 unspecified atom stereocenters. The molecule has 0 aromatic heterocycles. The largest absolute Gasteiger partial charge is 0.444 e. The predicted molar refractivity (Wildman–Crippen MR) is 193 cm³/mol. The predicted octanol–water partition coefficient (Wildman–Crippen LogP) is 4.61. The van der Waals surface area contributed by atoms with Crippen LogP contribution in [0.5, 0.6) is 0 Å². The van der Waals surface area contributed by atoms with Gasteiger partial charge in [-0.15, -0.1) is 0 Å². The highest BCUT2D eigenvalue weighted by Crippen LogP contribution is 2.21. The van der Waals surface area contributed by atoms with E-state index in [2.05, 4.69) is 21.3 Å². The highest BCUT2D eigenvalue weighted by atomic mass is 16.6. The van der Waals surface area contributed by atoms with Crippen LogP contribution in [0, 0.1) is 17.8 Å². The smallest absolute Gasteiger partial charge is 0.408 e. The lowest BCUT2D eigenvalue weighted by atomic mass is 9.95. The molecule has 0 spiro atoms. The second kappa shape index (κ2) is 19.5. The Bertz CT molecular complexity index is 1370. The molecule has 2 aromatic rings. The fraction of sp³-hybridized carbons (Fsp3) is 0.632. The maximum absolute atomic E-state index is 14.0. The fourth-order valence-corrected chi connectivity index (χ4v) is 5.68. The number of aliphatic hydroxyl groups excluding tert-OH is 2. The van der Waals surface area contributed by atoms with Gasteiger partial charge in [0.1, 0.15) is 17.7 Å². The molecule has 11 nitrogen and oxygen atoms in total. The van der Waals surface area contributed by atoms with Crippen LogP contribution in [0.1, 0.15) is 93.6 Å². The summed E-state index contributed by atoms with van der Waals surface area (Å²) in [6, 6.07) is 10.3. The van der Waals surface area contributed by atoms with Crippen molar-refractivity contribution in [1.82, 2.24) is 21.3 Å². The number of carbonyl (C=O) groups excluding carboxylic acids is 4. The standard InChI is InChI=1S/C38H60N4O7/c1-10-25(6)32(22-43)39-34(45)21-33(44)29(18-23(2)3)40-35(46)30(19-24(4)5)41-36(47)31(42-37(48)49-38(7,8)9)20-27-16-13-15-26-14-11-12-17-28(26)27/h11-17,23-25,29-33,43-44H,10,18-22H2,1-9H3,(H,39,45)(H,40,46)(H,41,47)(H,42,48)/t25?,29?,30-,31-,32+,33?/m0/s1. The monoisotopic (exact) mass is 684 g/mol. The average Bonchev–Trinajstić information content (AvgIpc) is 3.00. The number of rotatable bonds is 18. The first-order chi connectivity index (χ1) is 22.9. The van der Waals surface area contributed by atoms with Crippen molar-refractivity contribution in [3.8, 4) is 0 Å². The number of ether oxygens (including phenoxy) is 1. The van der Waals surface area contributed by atoms with Crippen LogP contribution in [-0.4, -0.2) is 76.5 Å². The van der Waals surface area contributed by atoms with Gasteiger partial charge in [-0.1, -0.05) is 90.4 Å². The summed E-state index contributed by atoms with van der Waals surface area (Å²) < 4.78 is 5.47. The van der Waals surface area contributed by atoms with Gasteiger partial charge in [0.2, 0.25) is 17.7 Å². The first kappa shape index (κ1) is 41.5. The van der Waals surface area contributed by atoms with Gasteiger partial charge in [-0.3, -0.25) is 14.4 Å². The highest BCUT2D eigenvalue weighted by Gasteiger charge is 2.32. The molecule has 0 aliphatic heterocycles. The van der Waals surface area contributed by atoms with E-state index in [0.717, 1.165) is 22.8 Å². The number of amides is 4. The molecule has 0 aliphatic rings. The van der Waals surface area contributed by atoms with Gasteiger partial charge in [0, 0.05) is 6.42 Å². The average molecular weight is 685 g/mol. The van der Waals surface area contributed by atoms with Gasteiger partial charge in [0.15, 0.2) is 0 Å². The molecule has 4 amide bonds. The molecule has 0 aliphatic carbocycles. The van der Waals surface area contributed by atoms with Crippen LogP contribution in [0.3, 0.4) is 0 Å². The molecule has 0 bridgehead atoms. The van der Waals surface area contributed by atoms with Crippen LogP contribution in [0.25, 0.3) is 10.8 Å². The molecule has 274 valence electrons. The molecule has 0 radical (unpaired) electrons. The SMILES string of the molecule is CCC(C)[C@@H](CO)NC(=O)CC(O)C(CC(C)C)NC(=O)[C@H](CC(C)C)NC(=O)[C@H](Cc1cccc2ccccc12)NC(=O)OC(C)(C)C. The quantitative estimate of drug-likeness (QED) is 0.133. The van der Waals surface area contributed by atoms with E-state index in [1.165, 1.54) is 0 Å². The second-order valence-electron chi connectivity index (χ2n) is 15.0. The molecular weight excluding hydrogens is 624 g/mol. The summed E-state index contributed by atoms with van der Waals surface area (Å²) in [5, 5.41) is 34.1. The van der Waals surface area contributed by atoms with E-state index in [1.54, 1.807) is 20.8 Å². The zero-order valence-electron chi connectivity index (χ0n) is 30.8. The Labute approximate surface area is 292 Å². The second-order valence-corrected chi connectivity index (χ2v) is 15.0. The van der Waals surface area contributed by atoms with Gasteiger partial charge in [-0.2, -0.15) is 0 Å². The van der Waals surface area contributed by atoms with Crippen molar-refractivity contribution in [2.75, 3.05) is 6.61 Å². The maximum Gasteiger partial charge on any atom is 0.408 e. The minimum absolute atomic E-state index is 0.0154. The van der Waals surface area contributed by atoms with E-state index in [1.807, 2.05) is 84.0 Å². The lowest BCUT2D eigenvalue weighted by Gasteiger charge is -2.30. The van der Waals surface area contributed by atoms with E-state index in [9.17, 15) is 29.4 Å². The third-order valence-corrected chi connectivity index (χ3v) is 8.44. The van der Waals surface area contributed by atoms with Crippen LogP contribution in [0.2, 0.25) is 0 Å². The number of fused-ring (bicyclic) bond motifs is 1. The third-order valence-electron chi connectivity index (χ3n) is 8.44. The summed E-state index contributed by atoms with van der Waals surface area (Å²) in [6.07, 6.45) is -0.626. The number of carbonyl (C=O) groups is 4. The van der Waals surface area contributed by atoms with E-state index < -0.39 is 59.7 Å². The van der Waals surface area contributed by atoms with Crippen LogP contribution in [-0.2, 0) is 25.5 Å². The number of aliphatic hydroxyl groups is 2. The Morgan fingerprint density at radius 1 is 0.776 bits per heavy atom. The van der Waals surface area contributed by atoms with Crippen molar-refractivity contribution in [3.63, 3.8) is 0 Å². The van der Waals surface area contributed by atoms with Gasteiger partial charge >= 0.3 is 6.09 Å². The molecule has 0 saturated heterocycles. The highest BCUT2D eigenvalue weighted by molar-refractivity contribution is 5.93. The summed E-state index contributed by atoms with van der Waals surface area (Å²) in [7, 11) is 0. The lowest BCUT2D eigenvalue weighted by molar-refractivity contribution is -0.132. The van der Waals surface area contributed by atoms with Crippen molar-refractivity contribution in [1.29, 1.82) is 0 Å². The lowest BCUT2D eigenvalue weighted by Crippen LogP contribution is -2.57. The zero-order valence-corrected chi connectivity index (χ0v) is 30.8. The summed E-state index contributed by atoms with van der Waals surface area (Å²) in [5.74, 6) is -1.34. The van der Waals surface area contributed by atoms with Crippen molar-refractivity contribution in [2.24, 2.45) is 17.8 Å². The topological polar surface area (TPSA) is 166 Å². The Balaban J connectivity index is 2.31. The first-order valence-electron chi connectivity index (χ1n) is 17.6. The number of nitrogens with one attached hydrogen (secondary N) is 4. The molecule has 6 atom stereocenters. The normalized spacial score (nSPS) is 15.5. The Kier molecular flexibility index (Phi) is 16.5. The van der Waals surface area contributed by atoms with Gasteiger partial charge in [0.25, 0.3) is 0 Å². The Morgan fingerprint density at radius 2 is 1.39 bits per heavy atom. The summed E-state index contributed by atoms with van der Waals surface area (Å²) >= 11 is 0. The van der Waals surface area contributed by atoms with Crippen molar-refractivity contribution in [3.05, 3.63) is 48.0 Å². The molecule has 0 saturated carbocycles. The molecular formula is C38H60N4O7.